The van der Waals surface area contributed by atoms with Crippen LogP contribution in [0.3, 0.4) is 0 Å². The molecule has 0 aliphatic rings. The highest BCUT2D eigenvalue weighted by Crippen LogP contribution is 2.36. The molecule has 1 atom stereocenters. The minimum atomic E-state index is -5.13. The van der Waals surface area contributed by atoms with Gasteiger partial charge in [0.2, 0.25) is 0 Å². The number of hydrogen-bond donors (Lipinski definition) is 2. The van der Waals surface area contributed by atoms with E-state index in [0.717, 1.165) is 5.39 Å². The van der Waals surface area contributed by atoms with Crippen molar-refractivity contribution >= 4 is 22.6 Å². The average Bonchev–Trinajstić information content (AvgIpc) is 2.71. The molecule has 2 N–H and O–H groups in total. The zero-order valence-corrected chi connectivity index (χ0v) is 16.1. The maximum Gasteiger partial charge on any atom is 0.416 e. The van der Waals surface area contributed by atoms with E-state index >= 15 is 0 Å². The summed E-state index contributed by atoms with van der Waals surface area (Å²) in [5.74, 6) is -2.86. The van der Waals surface area contributed by atoms with Gasteiger partial charge >= 0.3 is 18.3 Å². The van der Waals surface area contributed by atoms with Crippen LogP contribution in [0, 0.1) is 0 Å². The van der Waals surface area contributed by atoms with Crippen molar-refractivity contribution in [1.29, 1.82) is 0 Å². The molecule has 168 valence electrons. The molecule has 0 bridgehead atoms. The molecule has 0 heterocycles. The first-order valence-corrected chi connectivity index (χ1v) is 9.16. The van der Waals surface area contributed by atoms with Gasteiger partial charge < -0.3 is 10.4 Å². The summed E-state index contributed by atoms with van der Waals surface area (Å²) in [6.45, 7) is 0. The summed E-state index contributed by atoms with van der Waals surface area (Å²) in [5, 5.41) is 13.0. The minimum absolute atomic E-state index is 0.110. The van der Waals surface area contributed by atoms with E-state index in [2.05, 4.69) is 0 Å². The lowest BCUT2D eigenvalue weighted by molar-refractivity contribution is -0.143. The number of halogens is 6. The number of aliphatic carboxylic acids is 1. The standard InChI is InChI=1S/C22H15F6NO3/c23-21(24,25)15-8-14(9-16(11-15)22(26,27)28)19(30)29-18(20(31)32)10-13-6-3-5-12-4-1-2-7-17(12)13/h1-9,11,18H,10H2,(H,29,30)(H,31,32)/t18-/m1/s1. The molecule has 0 saturated carbocycles. The predicted octanol–water partition coefficient (Wildman–Crippen LogP) is 5.30. The Morgan fingerprint density at radius 3 is 1.97 bits per heavy atom. The Bertz CT molecular complexity index is 1130. The Hall–Kier alpha value is -3.56. The maximum absolute atomic E-state index is 13.0. The second-order valence-electron chi connectivity index (χ2n) is 7.00. The van der Waals surface area contributed by atoms with Crippen molar-refractivity contribution in [3.05, 3.63) is 82.9 Å². The molecular weight excluding hydrogens is 440 g/mol. The first-order valence-electron chi connectivity index (χ1n) is 9.16. The van der Waals surface area contributed by atoms with Crippen LogP contribution in [0.4, 0.5) is 26.3 Å². The van der Waals surface area contributed by atoms with Gasteiger partial charge in [-0.15, -0.1) is 0 Å². The van der Waals surface area contributed by atoms with Crippen molar-refractivity contribution in [2.75, 3.05) is 0 Å². The number of fused-ring (bicyclic) bond motifs is 1. The fourth-order valence-corrected chi connectivity index (χ4v) is 3.22. The monoisotopic (exact) mass is 455 g/mol. The van der Waals surface area contributed by atoms with Crippen LogP contribution in [0.2, 0.25) is 0 Å². The Labute approximate surface area is 177 Å². The van der Waals surface area contributed by atoms with Gasteiger partial charge in [0, 0.05) is 12.0 Å². The van der Waals surface area contributed by atoms with Gasteiger partial charge in [-0.25, -0.2) is 4.79 Å². The Morgan fingerprint density at radius 2 is 1.41 bits per heavy atom. The summed E-state index contributed by atoms with van der Waals surface area (Å²) in [6.07, 6.45) is -10.5. The van der Waals surface area contributed by atoms with Crippen molar-refractivity contribution in [3.8, 4) is 0 Å². The second-order valence-corrected chi connectivity index (χ2v) is 7.00. The third-order valence-electron chi connectivity index (χ3n) is 4.76. The molecule has 3 aromatic rings. The Morgan fingerprint density at radius 1 is 0.844 bits per heavy atom. The number of nitrogens with one attached hydrogen (secondary N) is 1. The van der Waals surface area contributed by atoms with Gasteiger partial charge in [0.15, 0.2) is 0 Å². The molecule has 0 unspecified atom stereocenters. The molecule has 3 aromatic carbocycles. The summed E-state index contributed by atoms with van der Waals surface area (Å²) >= 11 is 0. The smallest absolute Gasteiger partial charge is 0.416 e. The molecular formula is C22H15F6NO3. The van der Waals surface area contributed by atoms with Crippen molar-refractivity contribution in [2.45, 2.75) is 24.8 Å². The summed E-state index contributed by atoms with van der Waals surface area (Å²) in [6, 6.07) is 10.9. The number of carboxylic acid groups (broad SMARTS) is 1. The van der Waals surface area contributed by atoms with Crippen molar-refractivity contribution < 1.29 is 41.0 Å². The molecule has 0 aliphatic carbocycles. The van der Waals surface area contributed by atoms with E-state index in [-0.39, 0.29) is 24.6 Å². The topological polar surface area (TPSA) is 66.4 Å². The van der Waals surface area contributed by atoms with Crippen LogP contribution in [0.25, 0.3) is 10.8 Å². The van der Waals surface area contributed by atoms with E-state index in [1.54, 1.807) is 42.5 Å². The molecule has 0 spiro atoms. The zero-order valence-electron chi connectivity index (χ0n) is 16.1. The SMILES string of the molecule is O=C(N[C@H](Cc1cccc2ccccc12)C(=O)O)c1cc(C(F)(F)F)cc(C(F)(F)F)c1. The maximum atomic E-state index is 13.0. The minimum Gasteiger partial charge on any atom is -0.480 e. The van der Waals surface area contributed by atoms with Crippen molar-refractivity contribution in [1.82, 2.24) is 5.32 Å². The number of amides is 1. The Balaban J connectivity index is 1.93. The van der Waals surface area contributed by atoms with E-state index in [1.165, 1.54) is 0 Å². The van der Waals surface area contributed by atoms with Gasteiger partial charge in [-0.2, -0.15) is 26.3 Å². The number of rotatable bonds is 5. The molecule has 0 fully saturated rings. The Kier molecular flexibility index (Phi) is 6.16. The number of benzene rings is 3. The van der Waals surface area contributed by atoms with E-state index in [1.807, 2.05) is 5.32 Å². The zero-order chi connectivity index (χ0) is 23.7. The van der Waals surface area contributed by atoms with Gasteiger partial charge in [-0.1, -0.05) is 42.5 Å². The summed E-state index contributed by atoms with van der Waals surface area (Å²) in [7, 11) is 0. The molecule has 0 saturated heterocycles. The molecule has 1 amide bonds. The van der Waals surface area contributed by atoms with Crippen molar-refractivity contribution in [2.24, 2.45) is 0 Å². The molecule has 3 rings (SSSR count). The first kappa shape index (κ1) is 23.1. The third kappa shape index (κ3) is 5.19. The lowest BCUT2D eigenvalue weighted by atomic mass is 9.98. The second kappa shape index (κ2) is 8.52. The summed E-state index contributed by atoms with van der Waals surface area (Å²) in [4.78, 5) is 24.1. The quantitative estimate of drug-likeness (QED) is 0.513. The summed E-state index contributed by atoms with van der Waals surface area (Å²) < 4.78 is 78.2. The van der Waals surface area contributed by atoms with Gasteiger partial charge in [0.25, 0.3) is 5.91 Å². The number of carboxylic acids is 1. The van der Waals surface area contributed by atoms with Crippen LogP contribution in [0.15, 0.2) is 60.7 Å². The van der Waals surface area contributed by atoms with Crippen LogP contribution in [0.5, 0.6) is 0 Å². The molecule has 0 aromatic heterocycles. The van der Waals surface area contributed by atoms with Crippen LogP contribution >= 0.6 is 0 Å². The van der Waals surface area contributed by atoms with Gasteiger partial charge in [0.05, 0.1) is 11.1 Å². The van der Waals surface area contributed by atoms with E-state index in [9.17, 15) is 41.0 Å². The highest BCUT2D eigenvalue weighted by Gasteiger charge is 2.37. The third-order valence-corrected chi connectivity index (χ3v) is 4.76. The average molecular weight is 455 g/mol. The number of carbonyl (C=O) groups is 2. The highest BCUT2D eigenvalue weighted by atomic mass is 19.4. The largest absolute Gasteiger partial charge is 0.480 e. The van der Waals surface area contributed by atoms with Crippen LogP contribution in [-0.2, 0) is 23.6 Å². The molecule has 32 heavy (non-hydrogen) atoms. The van der Waals surface area contributed by atoms with Gasteiger partial charge in [-0.3, -0.25) is 4.79 Å². The van der Waals surface area contributed by atoms with E-state index in [4.69, 9.17) is 0 Å². The van der Waals surface area contributed by atoms with Gasteiger partial charge in [-0.05, 0) is 34.5 Å². The van der Waals surface area contributed by atoms with Crippen LogP contribution < -0.4 is 5.32 Å². The van der Waals surface area contributed by atoms with E-state index < -0.39 is 47.0 Å². The highest BCUT2D eigenvalue weighted by molar-refractivity contribution is 5.97. The molecule has 10 heteroatoms. The van der Waals surface area contributed by atoms with Crippen LogP contribution in [0.1, 0.15) is 27.0 Å². The molecule has 0 radical (unpaired) electrons. The molecule has 0 aliphatic heterocycles. The first-order chi connectivity index (χ1) is 14.9. The molecule has 4 nitrogen and oxygen atoms in total. The lowest BCUT2D eigenvalue weighted by Gasteiger charge is -2.18. The normalized spacial score (nSPS) is 13.1. The number of carbonyl (C=O) groups excluding carboxylic acids is 1. The van der Waals surface area contributed by atoms with Crippen LogP contribution in [-0.4, -0.2) is 23.0 Å². The predicted molar refractivity (Wildman–Crippen MR) is 103 cm³/mol. The van der Waals surface area contributed by atoms with E-state index in [0.29, 0.717) is 10.9 Å². The van der Waals surface area contributed by atoms with Gasteiger partial charge in [0.1, 0.15) is 6.04 Å². The number of alkyl halides is 6. The van der Waals surface area contributed by atoms with Crippen molar-refractivity contribution in [3.63, 3.8) is 0 Å². The number of hydrogen-bond acceptors (Lipinski definition) is 2. The lowest BCUT2D eigenvalue weighted by Crippen LogP contribution is -2.42. The summed E-state index contributed by atoms with van der Waals surface area (Å²) in [5.41, 5.74) is -3.75. The fourth-order valence-electron chi connectivity index (χ4n) is 3.22. The fraction of sp³-hybridized carbons (Fsp3) is 0.182.